The van der Waals surface area contributed by atoms with Crippen LogP contribution in [0.2, 0.25) is 0 Å². The Balaban J connectivity index is 1.57. The predicted octanol–water partition coefficient (Wildman–Crippen LogP) is 4.35. The Morgan fingerprint density at radius 1 is 1.04 bits per heavy atom. The second-order valence-electron chi connectivity index (χ2n) is 6.11. The zero-order valence-corrected chi connectivity index (χ0v) is 13.9. The van der Waals surface area contributed by atoms with Crippen molar-refractivity contribution in [2.45, 2.75) is 32.1 Å². The third-order valence-corrected chi connectivity index (χ3v) is 4.37. The molecule has 0 unspecified atom stereocenters. The lowest BCUT2D eigenvalue weighted by Crippen LogP contribution is -2.25. The van der Waals surface area contributed by atoms with Crippen molar-refractivity contribution in [3.63, 3.8) is 0 Å². The molecule has 1 aliphatic rings. The van der Waals surface area contributed by atoms with Gasteiger partial charge in [0.1, 0.15) is 11.6 Å². The van der Waals surface area contributed by atoms with E-state index in [0.29, 0.717) is 5.82 Å². The number of carbonyl (C=O) groups is 1. The Morgan fingerprint density at radius 3 is 2.38 bits per heavy atom. The van der Waals surface area contributed by atoms with Crippen LogP contribution in [0.15, 0.2) is 42.6 Å². The molecule has 2 N–H and O–H groups in total. The number of nitrogens with one attached hydrogen (secondary N) is 2. The number of hydrogen-bond acceptors (Lipinski definition) is 4. The van der Waals surface area contributed by atoms with Gasteiger partial charge in [-0.2, -0.15) is 0 Å². The molecule has 5 nitrogen and oxygen atoms in total. The molecule has 2 aromatic rings. The van der Waals surface area contributed by atoms with Crippen LogP contribution in [0.1, 0.15) is 32.1 Å². The van der Waals surface area contributed by atoms with Crippen LogP contribution in [0, 0.1) is 5.92 Å². The molecule has 3 rings (SSSR count). The van der Waals surface area contributed by atoms with Crippen molar-refractivity contribution in [3.05, 3.63) is 42.6 Å². The maximum Gasteiger partial charge on any atom is 0.228 e. The van der Waals surface area contributed by atoms with Gasteiger partial charge in [-0.15, -0.1) is 0 Å². The first kappa shape index (κ1) is 16.3. The highest BCUT2D eigenvalue weighted by atomic mass is 16.5. The monoisotopic (exact) mass is 325 g/mol. The summed E-state index contributed by atoms with van der Waals surface area (Å²) in [6.45, 7) is 0. The molecule has 0 spiro atoms. The first-order chi connectivity index (χ1) is 11.7. The molecular weight excluding hydrogens is 302 g/mol. The second-order valence-corrected chi connectivity index (χ2v) is 6.11. The number of anilines is 3. The van der Waals surface area contributed by atoms with Crippen LogP contribution in [-0.4, -0.2) is 18.0 Å². The molecule has 1 heterocycles. The SMILES string of the molecule is COc1ccc(Nc2ccc(NC(=O)C3CCCCC3)nc2)cc1. The summed E-state index contributed by atoms with van der Waals surface area (Å²) in [4.78, 5) is 16.5. The number of benzene rings is 1. The molecule has 0 saturated heterocycles. The van der Waals surface area contributed by atoms with Crippen LogP contribution in [0.5, 0.6) is 5.75 Å². The zero-order valence-electron chi connectivity index (χ0n) is 13.9. The number of hydrogen-bond donors (Lipinski definition) is 2. The van der Waals surface area contributed by atoms with E-state index in [4.69, 9.17) is 4.74 Å². The first-order valence-corrected chi connectivity index (χ1v) is 8.42. The van der Waals surface area contributed by atoms with Crippen molar-refractivity contribution in [3.8, 4) is 5.75 Å². The fourth-order valence-electron chi connectivity index (χ4n) is 2.98. The molecular formula is C19H23N3O2. The van der Waals surface area contributed by atoms with Gasteiger partial charge >= 0.3 is 0 Å². The first-order valence-electron chi connectivity index (χ1n) is 8.42. The molecule has 1 aromatic heterocycles. The number of ether oxygens (including phenoxy) is 1. The van der Waals surface area contributed by atoms with Gasteiger partial charge in [0.2, 0.25) is 5.91 Å². The molecule has 0 radical (unpaired) electrons. The van der Waals surface area contributed by atoms with Gasteiger partial charge in [-0.25, -0.2) is 4.98 Å². The number of amides is 1. The molecule has 1 aromatic carbocycles. The smallest absolute Gasteiger partial charge is 0.228 e. The van der Waals surface area contributed by atoms with Gasteiger partial charge in [-0.05, 0) is 49.2 Å². The molecule has 1 aliphatic carbocycles. The van der Waals surface area contributed by atoms with Gasteiger partial charge < -0.3 is 15.4 Å². The zero-order chi connectivity index (χ0) is 16.8. The molecule has 0 bridgehead atoms. The second kappa shape index (κ2) is 7.81. The van der Waals surface area contributed by atoms with Crippen molar-refractivity contribution in [1.82, 2.24) is 4.98 Å². The quantitative estimate of drug-likeness (QED) is 0.857. The Bertz CT molecular complexity index is 662. The summed E-state index contributed by atoms with van der Waals surface area (Å²) in [6, 6.07) is 11.4. The normalized spacial score (nSPS) is 14.9. The molecule has 0 atom stereocenters. The van der Waals surface area contributed by atoms with E-state index in [1.807, 2.05) is 36.4 Å². The summed E-state index contributed by atoms with van der Waals surface area (Å²) < 4.78 is 5.14. The van der Waals surface area contributed by atoms with E-state index in [-0.39, 0.29) is 11.8 Å². The van der Waals surface area contributed by atoms with Crippen LogP contribution in [0.4, 0.5) is 17.2 Å². The lowest BCUT2D eigenvalue weighted by Gasteiger charge is -2.20. The van der Waals surface area contributed by atoms with Crippen LogP contribution in [-0.2, 0) is 4.79 Å². The summed E-state index contributed by atoms with van der Waals surface area (Å²) in [5, 5.41) is 6.19. The van der Waals surface area contributed by atoms with Gasteiger partial charge in [0, 0.05) is 11.6 Å². The molecule has 1 fully saturated rings. The number of rotatable bonds is 5. The fraction of sp³-hybridized carbons (Fsp3) is 0.368. The van der Waals surface area contributed by atoms with E-state index < -0.39 is 0 Å². The van der Waals surface area contributed by atoms with Crippen LogP contribution in [0.25, 0.3) is 0 Å². The van der Waals surface area contributed by atoms with E-state index in [1.165, 1.54) is 6.42 Å². The number of aromatic nitrogens is 1. The average molecular weight is 325 g/mol. The maximum absolute atomic E-state index is 12.2. The van der Waals surface area contributed by atoms with Crippen LogP contribution < -0.4 is 15.4 Å². The topological polar surface area (TPSA) is 63.2 Å². The Morgan fingerprint density at radius 2 is 1.75 bits per heavy atom. The van der Waals surface area contributed by atoms with E-state index >= 15 is 0 Å². The highest BCUT2D eigenvalue weighted by molar-refractivity contribution is 5.91. The summed E-state index contributed by atoms with van der Waals surface area (Å²) in [7, 11) is 1.65. The van der Waals surface area contributed by atoms with Gasteiger partial charge in [0.25, 0.3) is 0 Å². The number of carbonyl (C=O) groups excluding carboxylic acids is 1. The fourth-order valence-corrected chi connectivity index (χ4v) is 2.98. The van der Waals surface area contributed by atoms with Gasteiger partial charge in [-0.1, -0.05) is 19.3 Å². The van der Waals surface area contributed by atoms with Crippen LogP contribution >= 0.6 is 0 Å². The molecule has 1 amide bonds. The Kier molecular flexibility index (Phi) is 5.31. The predicted molar refractivity (Wildman–Crippen MR) is 95.7 cm³/mol. The Labute approximate surface area is 142 Å². The summed E-state index contributed by atoms with van der Waals surface area (Å²) in [5.41, 5.74) is 1.83. The highest BCUT2D eigenvalue weighted by Crippen LogP contribution is 2.25. The lowest BCUT2D eigenvalue weighted by molar-refractivity contribution is -0.120. The minimum atomic E-state index is 0.0954. The van der Waals surface area contributed by atoms with E-state index in [1.54, 1.807) is 13.3 Å². The summed E-state index contributed by atoms with van der Waals surface area (Å²) in [6.07, 6.45) is 7.24. The van der Waals surface area contributed by atoms with Crippen molar-refractivity contribution in [2.75, 3.05) is 17.7 Å². The minimum Gasteiger partial charge on any atom is -0.497 e. The van der Waals surface area contributed by atoms with Crippen LogP contribution in [0.3, 0.4) is 0 Å². The highest BCUT2D eigenvalue weighted by Gasteiger charge is 2.21. The largest absolute Gasteiger partial charge is 0.497 e. The third-order valence-electron chi connectivity index (χ3n) is 4.37. The van der Waals surface area contributed by atoms with Gasteiger partial charge in [-0.3, -0.25) is 4.79 Å². The number of pyridine rings is 1. The summed E-state index contributed by atoms with van der Waals surface area (Å²) in [5.74, 6) is 1.65. The molecule has 5 heteroatoms. The molecule has 126 valence electrons. The van der Waals surface area contributed by atoms with Crippen molar-refractivity contribution in [1.29, 1.82) is 0 Å². The number of methoxy groups -OCH3 is 1. The average Bonchev–Trinajstić information content (AvgIpc) is 2.65. The molecule has 24 heavy (non-hydrogen) atoms. The van der Waals surface area contributed by atoms with Gasteiger partial charge in [0.15, 0.2) is 0 Å². The Hall–Kier alpha value is -2.56. The number of nitrogens with zero attached hydrogens (tertiary/aromatic N) is 1. The van der Waals surface area contributed by atoms with E-state index in [2.05, 4.69) is 15.6 Å². The third kappa shape index (κ3) is 4.25. The van der Waals surface area contributed by atoms with E-state index in [9.17, 15) is 4.79 Å². The van der Waals surface area contributed by atoms with Crippen molar-refractivity contribution < 1.29 is 9.53 Å². The standard InChI is InChI=1S/C19H23N3O2/c1-24-17-10-7-15(8-11-17)21-16-9-12-18(20-13-16)22-19(23)14-5-3-2-4-6-14/h7-14,21H,2-6H2,1H3,(H,20,22,23). The van der Waals surface area contributed by atoms with Crippen molar-refractivity contribution >= 4 is 23.1 Å². The maximum atomic E-state index is 12.2. The lowest BCUT2D eigenvalue weighted by atomic mass is 9.89. The minimum absolute atomic E-state index is 0.0954. The van der Waals surface area contributed by atoms with Gasteiger partial charge in [0.05, 0.1) is 19.0 Å². The molecule has 0 aliphatic heterocycles. The van der Waals surface area contributed by atoms with Crippen molar-refractivity contribution in [2.24, 2.45) is 5.92 Å². The van der Waals surface area contributed by atoms with E-state index in [0.717, 1.165) is 42.8 Å². The molecule has 1 saturated carbocycles. The summed E-state index contributed by atoms with van der Waals surface area (Å²) >= 11 is 0.